The molecule has 1 atom stereocenters. The minimum absolute atomic E-state index is 0.0918. The number of carbonyl (C=O) groups is 2. The number of hydrogen-bond donors (Lipinski definition) is 1. The zero-order valence-corrected chi connectivity index (χ0v) is 17.0. The molecule has 0 radical (unpaired) electrons. The predicted molar refractivity (Wildman–Crippen MR) is 105 cm³/mol. The van der Waals surface area contributed by atoms with Gasteiger partial charge >= 0.3 is 5.97 Å². The molecule has 0 aliphatic rings. The fourth-order valence-electron chi connectivity index (χ4n) is 2.50. The van der Waals surface area contributed by atoms with Crippen molar-refractivity contribution in [3.8, 4) is 0 Å². The van der Waals surface area contributed by atoms with Crippen LogP contribution < -0.4 is 5.32 Å². The molecule has 0 saturated heterocycles. The zero-order valence-electron chi connectivity index (χ0n) is 15.5. The van der Waals surface area contributed by atoms with E-state index in [1.807, 2.05) is 0 Å². The summed E-state index contributed by atoms with van der Waals surface area (Å²) in [5.74, 6) is -1.06. The van der Waals surface area contributed by atoms with E-state index in [2.05, 4.69) is 10.1 Å². The number of ether oxygens (including phenoxy) is 1. The first-order valence-corrected chi connectivity index (χ1v) is 10.2. The van der Waals surface area contributed by atoms with Crippen LogP contribution in [0.4, 0.5) is 0 Å². The minimum atomic E-state index is -3.80. The molecule has 2 aromatic carbocycles. The maximum Gasteiger partial charge on any atom is 0.307 e. The van der Waals surface area contributed by atoms with Crippen LogP contribution >= 0.6 is 11.6 Å². The minimum Gasteiger partial charge on any atom is -0.469 e. The van der Waals surface area contributed by atoms with Crippen LogP contribution in [0.5, 0.6) is 0 Å². The van der Waals surface area contributed by atoms with Gasteiger partial charge in [-0.05, 0) is 29.8 Å². The molecule has 0 aliphatic heterocycles. The van der Waals surface area contributed by atoms with Gasteiger partial charge in [-0.2, -0.15) is 4.31 Å². The van der Waals surface area contributed by atoms with Crippen LogP contribution in [0.1, 0.15) is 18.0 Å². The van der Waals surface area contributed by atoms with Crippen molar-refractivity contribution < 1.29 is 22.7 Å². The molecule has 0 heterocycles. The first-order valence-electron chi connectivity index (χ1n) is 8.37. The van der Waals surface area contributed by atoms with Gasteiger partial charge in [0.2, 0.25) is 15.9 Å². The van der Waals surface area contributed by atoms with Crippen molar-refractivity contribution in [2.24, 2.45) is 0 Å². The lowest BCUT2D eigenvalue weighted by Gasteiger charge is -2.21. The van der Waals surface area contributed by atoms with Crippen molar-refractivity contribution in [3.63, 3.8) is 0 Å². The predicted octanol–water partition coefficient (Wildman–Crippen LogP) is 2.38. The third-order valence-corrected chi connectivity index (χ3v) is 6.09. The molecule has 2 aromatic rings. The number of nitrogens with zero attached hydrogens (tertiary/aromatic N) is 1. The van der Waals surface area contributed by atoms with Crippen LogP contribution in [0.15, 0.2) is 59.5 Å². The van der Waals surface area contributed by atoms with Crippen molar-refractivity contribution in [1.29, 1.82) is 0 Å². The number of hydrogen-bond acceptors (Lipinski definition) is 5. The smallest absolute Gasteiger partial charge is 0.307 e. The van der Waals surface area contributed by atoms with Crippen molar-refractivity contribution >= 4 is 33.5 Å². The Morgan fingerprint density at radius 2 is 1.71 bits per heavy atom. The Balaban J connectivity index is 2.12. The van der Waals surface area contributed by atoms with Gasteiger partial charge in [-0.1, -0.05) is 41.9 Å². The van der Waals surface area contributed by atoms with Gasteiger partial charge in [0.05, 0.1) is 31.0 Å². The van der Waals surface area contributed by atoms with Gasteiger partial charge < -0.3 is 10.1 Å². The molecule has 2 rings (SSSR count). The number of halogens is 1. The summed E-state index contributed by atoms with van der Waals surface area (Å²) >= 11 is 5.88. The van der Waals surface area contributed by atoms with Gasteiger partial charge in [0.15, 0.2) is 0 Å². The molecule has 0 aliphatic carbocycles. The van der Waals surface area contributed by atoms with Crippen molar-refractivity contribution in [2.45, 2.75) is 17.4 Å². The molecule has 150 valence electrons. The molecule has 0 bridgehead atoms. The molecule has 1 N–H and O–H groups in total. The fraction of sp³-hybridized carbons (Fsp3) is 0.263. The highest BCUT2D eigenvalue weighted by Crippen LogP contribution is 2.20. The average molecular weight is 425 g/mol. The lowest BCUT2D eigenvalue weighted by Crippen LogP contribution is -2.40. The van der Waals surface area contributed by atoms with Crippen LogP contribution in [0.25, 0.3) is 0 Å². The van der Waals surface area contributed by atoms with E-state index in [4.69, 9.17) is 11.6 Å². The molecule has 0 fully saturated rings. The molecular weight excluding hydrogens is 404 g/mol. The number of nitrogens with one attached hydrogen (secondary N) is 1. The topological polar surface area (TPSA) is 92.8 Å². The molecule has 7 nitrogen and oxygen atoms in total. The van der Waals surface area contributed by atoms with Gasteiger partial charge in [-0.25, -0.2) is 8.42 Å². The van der Waals surface area contributed by atoms with Crippen LogP contribution in [-0.4, -0.2) is 45.3 Å². The Labute approximate surface area is 169 Å². The quantitative estimate of drug-likeness (QED) is 0.657. The van der Waals surface area contributed by atoms with Crippen molar-refractivity contribution in [1.82, 2.24) is 9.62 Å². The molecule has 1 amide bonds. The monoisotopic (exact) mass is 424 g/mol. The summed E-state index contributed by atoms with van der Waals surface area (Å²) < 4.78 is 30.7. The molecule has 0 saturated carbocycles. The van der Waals surface area contributed by atoms with Crippen LogP contribution in [0.3, 0.4) is 0 Å². The largest absolute Gasteiger partial charge is 0.469 e. The molecule has 9 heteroatoms. The van der Waals surface area contributed by atoms with E-state index < -0.39 is 34.5 Å². The second-order valence-corrected chi connectivity index (χ2v) is 8.51. The summed E-state index contributed by atoms with van der Waals surface area (Å²) in [6, 6.07) is 13.8. The molecular formula is C19H21ClN2O5S. The standard InChI is InChI=1S/C19H21ClN2O5S/c1-22(28(25,26)16-6-4-3-5-7-16)13-18(23)21-17(12-19(24)27-2)14-8-10-15(20)11-9-14/h3-11,17H,12-13H2,1-2H3,(H,21,23). The third kappa shape index (κ3) is 5.79. The number of sulfonamides is 1. The molecule has 1 unspecified atom stereocenters. The third-order valence-electron chi connectivity index (χ3n) is 4.02. The van der Waals surface area contributed by atoms with Gasteiger partial charge in [-0.3, -0.25) is 9.59 Å². The SMILES string of the molecule is COC(=O)CC(NC(=O)CN(C)S(=O)(=O)c1ccccc1)c1ccc(Cl)cc1. The summed E-state index contributed by atoms with van der Waals surface area (Å²) in [7, 11) is -1.23. The van der Waals surface area contributed by atoms with Crippen LogP contribution in [-0.2, 0) is 24.3 Å². The summed E-state index contributed by atoms with van der Waals surface area (Å²) in [6.07, 6.45) is -0.0982. The average Bonchev–Trinajstić information content (AvgIpc) is 2.68. The highest BCUT2D eigenvalue weighted by Gasteiger charge is 2.25. The summed E-state index contributed by atoms with van der Waals surface area (Å²) in [4.78, 5) is 24.3. The lowest BCUT2D eigenvalue weighted by atomic mass is 10.0. The summed E-state index contributed by atoms with van der Waals surface area (Å²) in [5, 5.41) is 3.20. The van der Waals surface area contributed by atoms with E-state index >= 15 is 0 Å². The van der Waals surface area contributed by atoms with E-state index in [0.29, 0.717) is 10.6 Å². The van der Waals surface area contributed by atoms with Gasteiger partial charge in [-0.15, -0.1) is 0 Å². The Hall–Kier alpha value is -2.42. The van der Waals surface area contributed by atoms with Crippen LogP contribution in [0.2, 0.25) is 5.02 Å². The molecule has 28 heavy (non-hydrogen) atoms. The Bertz CT molecular complexity index is 917. The van der Waals surface area contributed by atoms with Gasteiger partial charge in [0.1, 0.15) is 0 Å². The zero-order chi connectivity index (χ0) is 20.7. The number of rotatable bonds is 8. The van der Waals surface area contributed by atoms with Gasteiger partial charge in [0.25, 0.3) is 0 Å². The normalized spacial score (nSPS) is 12.4. The Morgan fingerprint density at radius 1 is 1.11 bits per heavy atom. The van der Waals surface area contributed by atoms with E-state index in [1.54, 1.807) is 42.5 Å². The second kappa shape index (κ2) is 9.68. The Morgan fingerprint density at radius 3 is 2.29 bits per heavy atom. The fourth-order valence-corrected chi connectivity index (χ4v) is 3.77. The van der Waals surface area contributed by atoms with Crippen LogP contribution in [0, 0.1) is 0 Å². The highest BCUT2D eigenvalue weighted by molar-refractivity contribution is 7.89. The van der Waals surface area contributed by atoms with E-state index in [-0.39, 0.29) is 11.3 Å². The van der Waals surface area contributed by atoms with Gasteiger partial charge in [0, 0.05) is 12.1 Å². The number of esters is 1. The second-order valence-electron chi connectivity index (χ2n) is 6.03. The summed E-state index contributed by atoms with van der Waals surface area (Å²) in [5.41, 5.74) is 0.650. The molecule has 0 spiro atoms. The number of benzene rings is 2. The number of carbonyl (C=O) groups excluding carboxylic acids is 2. The highest BCUT2D eigenvalue weighted by atomic mass is 35.5. The summed E-state index contributed by atoms with van der Waals surface area (Å²) in [6.45, 7) is -0.400. The maximum atomic E-state index is 12.5. The molecule has 0 aromatic heterocycles. The lowest BCUT2D eigenvalue weighted by molar-refractivity contribution is -0.141. The number of likely N-dealkylation sites (N-methyl/N-ethyl adjacent to an activating group) is 1. The van der Waals surface area contributed by atoms with E-state index in [0.717, 1.165) is 4.31 Å². The van der Waals surface area contributed by atoms with Crippen molar-refractivity contribution in [2.75, 3.05) is 20.7 Å². The van der Waals surface area contributed by atoms with Crippen molar-refractivity contribution in [3.05, 3.63) is 65.2 Å². The first kappa shape index (κ1) is 21.9. The Kier molecular flexibility index (Phi) is 7.56. The van der Waals surface area contributed by atoms with E-state index in [9.17, 15) is 18.0 Å². The van der Waals surface area contributed by atoms with E-state index in [1.165, 1.54) is 26.3 Å². The first-order chi connectivity index (χ1) is 13.2. The number of amides is 1. The maximum absolute atomic E-state index is 12.5. The number of methoxy groups -OCH3 is 1.